The van der Waals surface area contributed by atoms with E-state index in [1.165, 1.54) is 24.3 Å². The van der Waals surface area contributed by atoms with Crippen LogP contribution in [-0.4, -0.2) is 36.3 Å². The zero-order valence-electron chi connectivity index (χ0n) is 9.28. The molecule has 0 atom stereocenters. The Labute approximate surface area is 98.4 Å². The maximum atomic E-state index is 12.7. The summed E-state index contributed by atoms with van der Waals surface area (Å²) in [5, 5.41) is 2.70. The van der Waals surface area contributed by atoms with E-state index in [1.54, 1.807) is 4.90 Å². The van der Waals surface area contributed by atoms with E-state index in [4.69, 9.17) is 0 Å². The van der Waals surface area contributed by atoms with E-state index in [1.807, 2.05) is 0 Å². The predicted octanol–water partition coefficient (Wildman–Crippen LogP) is 0.788. The first kappa shape index (κ1) is 11.6. The minimum atomic E-state index is -0.366. The van der Waals surface area contributed by atoms with Crippen molar-refractivity contribution in [3.05, 3.63) is 35.6 Å². The Balaban J connectivity index is 2.08. The maximum absolute atomic E-state index is 12.7. The van der Waals surface area contributed by atoms with Crippen molar-refractivity contribution in [2.24, 2.45) is 0 Å². The first-order valence-electron chi connectivity index (χ1n) is 5.48. The molecule has 0 bridgehead atoms. The normalized spacial score (nSPS) is 16.3. The molecule has 1 saturated heterocycles. The smallest absolute Gasteiger partial charge is 0.253 e. The summed E-state index contributed by atoms with van der Waals surface area (Å²) in [6.07, 6.45) is 0.312. The molecular formula is C12H13FN2O2. The van der Waals surface area contributed by atoms with E-state index >= 15 is 0 Å². The molecule has 1 aliphatic rings. The van der Waals surface area contributed by atoms with E-state index in [0.717, 1.165) is 0 Å². The van der Waals surface area contributed by atoms with Gasteiger partial charge in [0.1, 0.15) is 5.82 Å². The molecule has 1 aliphatic heterocycles. The Morgan fingerprint density at radius 2 is 1.94 bits per heavy atom. The zero-order chi connectivity index (χ0) is 12.3. The van der Waals surface area contributed by atoms with Crippen LogP contribution in [0.2, 0.25) is 0 Å². The molecule has 0 unspecified atom stereocenters. The third kappa shape index (κ3) is 2.81. The van der Waals surface area contributed by atoms with Crippen LogP contribution in [0, 0.1) is 5.82 Å². The molecule has 0 aliphatic carbocycles. The molecule has 90 valence electrons. The van der Waals surface area contributed by atoms with Crippen LogP contribution in [-0.2, 0) is 4.79 Å². The Morgan fingerprint density at radius 1 is 1.24 bits per heavy atom. The van der Waals surface area contributed by atoms with Crippen molar-refractivity contribution in [2.45, 2.75) is 6.42 Å². The van der Waals surface area contributed by atoms with Crippen LogP contribution in [0.3, 0.4) is 0 Å². The Bertz CT molecular complexity index is 431. The molecule has 1 fully saturated rings. The number of halogens is 1. The van der Waals surface area contributed by atoms with E-state index in [0.29, 0.717) is 31.6 Å². The van der Waals surface area contributed by atoms with Gasteiger partial charge in [-0.3, -0.25) is 9.59 Å². The maximum Gasteiger partial charge on any atom is 0.253 e. The van der Waals surface area contributed by atoms with E-state index in [-0.39, 0.29) is 17.6 Å². The van der Waals surface area contributed by atoms with Gasteiger partial charge in [0.25, 0.3) is 5.91 Å². The van der Waals surface area contributed by atoms with Crippen LogP contribution in [0.1, 0.15) is 16.8 Å². The molecular weight excluding hydrogens is 223 g/mol. The largest absolute Gasteiger partial charge is 0.354 e. The number of nitrogens with zero attached hydrogens (tertiary/aromatic N) is 1. The van der Waals surface area contributed by atoms with Gasteiger partial charge in [-0.05, 0) is 24.3 Å². The molecule has 1 N–H and O–H groups in total. The Morgan fingerprint density at radius 3 is 2.65 bits per heavy atom. The molecule has 2 amide bonds. The van der Waals surface area contributed by atoms with Crippen molar-refractivity contribution in [1.29, 1.82) is 0 Å². The van der Waals surface area contributed by atoms with Gasteiger partial charge < -0.3 is 10.2 Å². The lowest BCUT2D eigenvalue weighted by Crippen LogP contribution is -2.34. The highest BCUT2D eigenvalue weighted by atomic mass is 19.1. The van der Waals surface area contributed by atoms with Crippen LogP contribution in [0.5, 0.6) is 0 Å². The number of carbonyl (C=O) groups is 2. The average molecular weight is 236 g/mol. The average Bonchev–Trinajstić information content (AvgIpc) is 2.54. The second kappa shape index (κ2) is 4.95. The van der Waals surface area contributed by atoms with Crippen LogP contribution >= 0.6 is 0 Å². The number of rotatable bonds is 1. The van der Waals surface area contributed by atoms with Gasteiger partial charge in [-0.1, -0.05) is 0 Å². The van der Waals surface area contributed by atoms with Gasteiger partial charge in [-0.15, -0.1) is 0 Å². The lowest BCUT2D eigenvalue weighted by atomic mass is 10.2. The molecule has 1 aromatic carbocycles. The summed E-state index contributed by atoms with van der Waals surface area (Å²) in [5.74, 6) is -0.574. The highest BCUT2D eigenvalue weighted by Crippen LogP contribution is 2.08. The molecule has 1 heterocycles. The van der Waals surface area contributed by atoms with Gasteiger partial charge >= 0.3 is 0 Å². The summed E-state index contributed by atoms with van der Waals surface area (Å²) in [6.45, 7) is 1.36. The quantitative estimate of drug-likeness (QED) is 0.783. The number of amides is 2. The fourth-order valence-corrected chi connectivity index (χ4v) is 1.75. The van der Waals surface area contributed by atoms with E-state index in [2.05, 4.69) is 5.32 Å². The van der Waals surface area contributed by atoms with E-state index < -0.39 is 0 Å². The minimum Gasteiger partial charge on any atom is -0.354 e. The van der Waals surface area contributed by atoms with Gasteiger partial charge in [-0.2, -0.15) is 0 Å². The van der Waals surface area contributed by atoms with Crippen LogP contribution < -0.4 is 5.32 Å². The van der Waals surface area contributed by atoms with Crippen molar-refractivity contribution in [3.63, 3.8) is 0 Å². The van der Waals surface area contributed by atoms with Crippen molar-refractivity contribution in [3.8, 4) is 0 Å². The molecule has 0 saturated carbocycles. The first-order valence-corrected chi connectivity index (χ1v) is 5.48. The highest BCUT2D eigenvalue weighted by Gasteiger charge is 2.19. The number of nitrogens with one attached hydrogen (secondary N) is 1. The summed E-state index contributed by atoms with van der Waals surface area (Å²) < 4.78 is 12.7. The number of hydrogen-bond acceptors (Lipinski definition) is 2. The number of carbonyl (C=O) groups excluding carboxylic acids is 2. The van der Waals surface area contributed by atoms with E-state index in [9.17, 15) is 14.0 Å². The third-order valence-corrected chi connectivity index (χ3v) is 2.69. The molecule has 0 radical (unpaired) electrons. The molecule has 4 nitrogen and oxygen atoms in total. The van der Waals surface area contributed by atoms with Crippen LogP contribution in [0.25, 0.3) is 0 Å². The molecule has 5 heteroatoms. The summed E-state index contributed by atoms with van der Waals surface area (Å²) in [6, 6.07) is 5.43. The molecule has 1 aromatic rings. The van der Waals surface area contributed by atoms with Gasteiger partial charge in [0, 0.05) is 31.6 Å². The Kier molecular flexibility index (Phi) is 3.37. The predicted molar refractivity (Wildman–Crippen MR) is 59.9 cm³/mol. The van der Waals surface area contributed by atoms with Crippen molar-refractivity contribution in [1.82, 2.24) is 10.2 Å². The minimum absolute atomic E-state index is 0.0422. The lowest BCUT2D eigenvalue weighted by Gasteiger charge is -2.19. The standard InChI is InChI=1S/C12H13FN2O2/c13-10-3-1-9(2-4-10)12(17)15-7-5-11(16)14-6-8-15/h1-4H,5-8H2,(H,14,16). The van der Waals surface area contributed by atoms with Gasteiger partial charge in [0.2, 0.25) is 5.91 Å². The topological polar surface area (TPSA) is 49.4 Å². The number of hydrogen-bond donors (Lipinski definition) is 1. The van der Waals surface area contributed by atoms with Crippen molar-refractivity contribution < 1.29 is 14.0 Å². The second-order valence-corrected chi connectivity index (χ2v) is 3.90. The molecule has 17 heavy (non-hydrogen) atoms. The van der Waals surface area contributed by atoms with Crippen LogP contribution in [0.15, 0.2) is 24.3 Å². The van der Waals surface area contributed by atoms with Gasteiger partial charge in [-0.25, -0.2) is 4.39 Å². The second-order valence-electron chi connectivity index (χ2n) is 3.90. The van der Waals surface area contributed by atoms with Crippen LogP contribution in [0.4, 0.5) is 4.39 Å². The highest BCUT2D eigenvalue weighted by molar-refractivity contribution is 5.94. The Hall–Kier alpha value is -1.91. The SMILES string of the molecule is O=C1CCN(C(=O)c2ccc(F)cc2)CCN1. The van der Waals surface area contributed by atoms with Gasteiger partial charge in [0.15, 0.2) is 0 Å². The third-order valence-electron chi connectivity index (χ3n) is 2.69. The van der Waals surface area contributed by atoms with Crippen molar-refractivity contribution in [2.75, 3.05) is 19.6 Å². The first-order chi connectivity index (χ1) is 8.16. The number of benzene rings is 1. The molecule has 0 spiro atoms. The molecule has 0 aromatic heterocycles. The summed E-state index contributed by atoms with van der Waals surface area (Å²) >= 11 is 0. The molecule has 2 rings (SSSR count). The zero-order valence-corrected chi connectivity index (χ0v) is 9.28. The summed E-state index contributed by atoms with van der Waals surface area (Å²) in [5.41, 5.74) is 0.445. The fraction of sp³-hybridized carbons (Fsp3) is 0.333. The summed E-state index contributed by atoms with van der Waals surface area (Å²) in [4.78, 5) is 24.8. The van der Waals surface area contributed by atoms with Gasteiger partial charge in [0.05, 0.1) is 0 Å². The van der Waals surface area contributed by atoms with Crippen molar-refractivity contribution >= 4 is 11.8 Å². The summed E-state index contributed by atoms with van der Waals surface area (Å²) in [7, 11) is 0. The fourth-order valence-electron chi connectivity index (χ4n) is 1.75. The lowest BCUT2D eigenvalue weighted by molar-refractivity contribution is -0.120. The monoisotopic (exact) mass is 236 g/mol.